The first-order valence-corrected chi connectivity index (χ1v) is 8.57. The van der Waals surface area contributed by atoms with E-state index < -0.39 is 0 Å². The highest BCUT2D eigenvalue weighted by atomic mass is 32.2. The molecule has 0 spiro atoms. The van der Waals surface area contributed by atoms with Crippen LogP contribution in [0.25, 0.3) is 0 Å². The number of carbonyl (C=O) groups excluding carboxylic acids is 1. The van der Waals surface area contributed by atoms with Crippen molar-refractivity contribution in [2.24, 2.45) is 5.92 Å². The van der Waals surface area contributed by atoms with Crippen molar-refractivity contribution in [3.05, 3.63) is 41.2 Å². The van der Waals surface area contributed by atoms with Gasteiger partial charge in [-0.2, -0.15) is 0 Å². The number of nitrogens with one attached hydrogen (secondary N) is 1. The molecule has 1 atom stereocenters. The second kappa shape index (κ2) is 7.56. The number of aromatic nitrogens is 2. The molecule has 0 unspecified atom stereocenters. The summed E-state index contributed by atoms with van der Waals surface area (Å²) >= 11 is 3.13. The van der Waals surface area contributed by atoms with Gasteiger partial charge in [0.1, 0.15) is 0 Å². The van der Waals surface area contributed by atoms with Crippen LogP contribution in [0.1, 0.15) is 25.1 Å². The van der Waals surface area contributed by atoms with E-state index in [0.717, 1.165) is 15.6 Å². The van der Waals surface area contributed by atoms with E-state index in [0.29, 0.717) is 6.54 Å². The van der Waals surface area contributed by atoms with Gasteiger partial charge in [0.15, 0.2) is 4.34 Å². The summed E-state index contributed by atoms with van der Waals surface area (Å²) in [6.45, 7) is 6.59. The van der Waals surface area contributed by atoms with Crippen molar-refractivity contribution in [1.29, 1.82) is 0 Å². The molecular weight excluding hydrogens is 302 g/mol. The molecule has 0 radical (unpaired) electrons. The molecule has 1 amide bonds. The minimum Gasteiger partial charge on any atom is -0.351 e. The minimum atomic E-state index is -0.132. The molecule has 2 aromatic heterocycles. The highest BCUT2D eigenvalue weighted by Crippen LogP contribution is 2.30. The topological polar surface area (TPSA) is 54.9 Å². The SMILES string of the molecule is Cc1csc(S[C@H](C(=O)NCc2cccnc2)C(C)C)n1. The number of thioether (sulfide) groups is 1. The molecule has 2 heterocycles. The second-order valence-corrected chi connectivity index (χ2v) is 7.36. The van der Waals surface area contributed by atoms with E-state index in [-0.39, 0.29) is 17.1 Å². The van der Waals surface area contributed by atoms with E-state index in [1.165, 1.54) is 0 Å². The molecule has 21 heavy (non-hydrogen) atoms. The van der Waals surface area contributed by atoms with Crippen molar-refractivity contribution in [2.45, 2.75) is 36.9 Å². The average Bonchev–Trinajstić information content (AvgIpc) is 2.88. The average molecular weight is 321 g/mol. The standard InChI is InChI=1S/C15H19N3OS2/c1-10(2)13(21-15-18-11(3)9-20-15)14(19)17-8-12-5-4-6-16-7-12/h4-7,9-10,13H,8H2,1-3H3,(H,17,19)/t13-/m0/s1. The van der Waals surface area contributed by atoms with Gasteiger partial charge in [-0.15, -0.1) is 11.3 Å². The normalized spacial score (nSPS) is 12.4. The maximum absolute atomic E-state index is 12.4. The fourth-order valence-electron chi connectivity index (χ4n) is 1.78. The van der Waals surface area contributed by atoms with Gasteiger partial charge in [0, 0.05) is 30.0 Å². The van der Waals surface area contributed by atoms with Crippen LogP contribution in [0.15, 0.2) is 34.2 Å². The van der Waals surface area contributed by atoms with Gasteiger partial charge in [0.05, 0.1) is 5.25 Å². The van der Waals surface area contributed by atoms with Crippen LogP contribution in [-0.4, -0.2) is 21.1 Å². The van der Waals surface area contributed by atoms with Crippen LogP contribution < -0.4 is 5.32 Å². The highest BCUT2D eigenvalue weighted by molar-refractivity contribution is 8.02. The molecular formula is C15H19N3OS2. The van der Waals surface area contributed by atoms with E-state index in [9.17, 15) is 4.79 Å². The molecule has 6 heteroatoms. The zero-order chi connectivity index (χ0) is 15.2. The van der Waals surface area contributed by atoms with E-state index >= 15 is 0 Å². The van der Waals surface area contributed by atoms with Gasteiger partial charge in [-0.1, -0.05) is 31.7 Å². The largest absolute Gasteiger partial charge is 0.351 e. The van der Waals surface area contributed by atoms with E-state index in [1.54, 1.807) is 35.5 Å². The number of hydrogen-bond acceptors (Lipinski definition) is 5. The Kier molecular flexibility index (Phi) is 5.76. The third-order valence-corrected chi connectivity index (χ3v) is 5.51. The van der Waals surface area contributed by atoms with Crippen LogP contribution in [0.2, 0.25) is 0 Å². The first kappa shape index (κ1) is 16.0. The van der Waals surface area contributed by atoms with E-state index in [4.69, 9.17) is 0 Å². The molecule has 0 saturated heterocycles. The van der Waals surface area contributed by atoms with Gasteiger partial charge in [0.2, 0.25) is 5.91 Å². The number of hydrogen-bond donors (Lipinski definition) is 1. The maximum atomic E-state index is 12.4. The summed E-state index contributed by atoms with van der Waals surface area (Å²) in [5.41, 5.74) is 2.00. The summed E-state index contributed by atoms with van der Waals surface area (Å²) in [5.74, 6) is 0.291. The summed E-state index contributed by atoms with van der Waals surface area (Å²) < 4.78 is 0.947. The fourth-order valence-corrected chi connectivity index (χ4v) is 3.85. The molecule has 0 saturated carbocycles. The summed E-state index contributed by atoms with van der Waals surface area (Å²) in [7, 11) is 0. The molecule has 0 fully saturated rings. The Balaban J connectivity index is 1.96. The number of rotatable bonds is 6. The quantitative estimate of drug-likeness (QED) is 0.830. The third-order valence-electron chi connectivity index (χ3n) is 2.88. The predicted molar refractivity (Wildman–Crippen MR) is 87.4 cm³/mol. The monoisotopic (exact) mass is 321 g/mol. The number of thiazole rings is 1. The van der Waals surface area contributed by atoms with Gasteiger partial charge >= 0.3 is 0 Å². The second-order valence-electron chi connectivity index (χ2n) is 5.12. The molecule has 112 valence electrons. The van der Waals surface area contributed by atoms with Gasteiger partial charge in [-0.3, -0.25) is 9.78 Å². The zero-order valence-corrected chi connectivity index (χ0v) is 14.0. The first-order chi connectivity index (χ1) is 10.1. The van der Waals surface area contributed by atoms with Gasteiger partial charge in [0.25, 0.3) is 0 Å². The molecule has 0 aliphatic rings. The van der Waals surface area contributed by atoms with Crippen LogP contribution >= 0.6 is 23.1 Å². The van der Waals surface area contributed by atoms with Crippen LogP contribution in [0.4, 0.5) is 0 Å². The molecule has 0 aliphatic carbocycles. The number of nitrogens with zero attached hydrogens (tertiary/aromatic N) is 2. The predicted octanol–water partition coefficient (Wildman–Crippen LogP) is 3.28. The van der Waals surface area contributed by atoms with E-state index in [1.807, 2.05) is 24.4 Å². The number of aryl methyl sites for hydroxylation is 1. The summed E-state index contributed by atoms with van der Waals surface area (Å²) in [4.78, 5) is 20.9. The van der Waals surface area contributed by atoms with Gasteiger partial charge < -0.3 is 5.32 Å². The van der Waals surface area contributed by atoms with E-state index in [2.05, 4.69) is 29.1 Å². The third kappa shape index (κ3) is 4.82. The Bertz CT molecular complexity index is 584. The molecule has 0 aromatic carbocycles. The number of amides is 1. The lowest BCUT2D eigenvalue weighted by atomic mass is 10.1. The smallest absolute Gasteiger partial charge is 0.234 e. The lowest BCUT2D eigenvalue weighted by Gasteiger charge is -2.18. The Morgan fingerprint density at radius 1 is 1.48 bits per heavy atom. The van der Waals surface area contributed by atoms with Crippen molar-refractivity contribution in [2.75, 3.05) is 0 Å². The summed E-state index contributed by atoms with van der Waals surface area (Å²) in [5, 5.41) is 4.86. The van der Waals surface area contributed by atoms with Crippen molar-refractivity contribution >= 4 is 29.0 Å². The minimum absolute atomic E-state index is 0.0479. The van der Waals surface area contributed by atoms with Gasteiger partial charge in [-0.25, -0.2) is 4.98 Å². The van der Waals surface area contributed by atoms with Crippen LogP contribution in [0, 0.1) is 12.8 Å². The lowest BCUT2D eigenvalue weighted by Crippen LogP contribution is -2.35. The molecule has 2 rings (SSSR count). The fraction of sp³-hybridized carbons (Fsp3) is 0.400. The van der Waals surface area contributed by atoms with Crippen molar-refractivity contribution in [1.82, 2.24) is 15.3 Å². The van der Waals surface area contributed by atoms with Crippen molar-refractivity contribution in [3.8, 4) is 0 Å². The first-order valence-electron chi connectivity index (χ1n) is 6.81. The van der Waals surface area contributed by atoms with Crippen LogP contribution in [0.3, 0.4) is 0 Å². The van der Waals surface area contributed by atoms with Crippen molar-refractivity contribution in [3.63, 3.8) is 0 Å². The Morgan fingerprint density at radius 3 is 2.86 bits per heavy atom. The molecule has 0 bridgehead atoms. The van der Waals surface area contributed by atoms with Crippen LogP contribution in [-0.2, 0) is 11.3 Å². The zero-order valence-electron chi connectivity index (χ0n) is 12.4. The Hall–Kier alpha value is -1.40. The Morgan fingerprint density at radius 2 is 2.29 bits per heavy atom. The molecule has 0 aliphatic heterocycles. The molecule has 1 N–H and O–H groups in total. The molecule has 4 nitrogen and oxygen atoms in total. The Labute approximate surface area is 133 Å². The lowest BCUT2D eigenvalue weighted by molar-refractivity contribution is -0.121. The highest BCUT2D eigenvalue weighted by Gasteiger charge is 2.24. The maximum Gasteiger partial charge on any atom is 0.234 e. The van der Waals surface area contributed by atoms with Gasteiger partial charge in [-0.05, 0) is 24.5 Å². The number of pyridine rings is 1. The van der Waals surface area contributed by atoms with Crippen molar-refractivity contribution < 1.29 is 4.79 Å². The number of carbonyl (C=O) groups is 1. The summed E-state index contributed by atoms with van der Waals surface area (Å²) in [6.07, 6.45) is 3.49. The summed E-state index contributed by atoms with van der Waals surface area (Å²) in [6, 6.07) is 3.82. The molecule has 2 aromatic rings. The van der Waals surface area contributed by atoms with Crippen LogP contribution in [0.5, 0.6) is 0 Å².